The third-order valence-electron chi connectivity index (χ3n) is 10.1. The van der Waals surface area contributed by atoms with Gasteiger partial charge in [0.05, 0.1) is 4.90 Å². The zero-order chi connectivity index (χ0) is 39.5. The van der Waals surface area contributed by atoms with Gasteiger partial charge in [-0.15, -0.1) is 11.8 Å². The summed E-state index contributed by atoms with van der Waals surface area (Å²) in [7, 11) is -0.0114. The highest BCUT2D eigenvalue weighted by atomic mass is 32.2. The van der Waals surface area contributed by atoms with Crippen LogP contribution in [0.3, 0.4) is 0 Å². The van der Waals surface area contributed by atoms with E-state index in [-0.39, 0.29) is 28.4 Å². The van der Waals surface area contributed by atoms with Gasteiger partial charge in [-0.1, -0.05) is 66.7 Å². The van der Waals surface area contributed by atoms with Gasteiger partial charge >= 0.3 is 0 Å². The van der Waals surface area contributed by atoms with Gasteiger partial charge in [0, 0.05) is 64.9 Å². The summed E-state index contributed by atoms with van der Waals surface area (Å²) in [6.07, 6.45) is 2.51. The maximum absolute atomic E-state index is 13.7. The summed E-state index contributed by atoms with van der Waals surface area (Å²) in [5.74, 6) is 0.194. The highest BCUT2D eigenvalue weighted by molar-refractivity contribution is 7.99. The number of carbonyl (C=O) groups excluding carboxylic acids is 2. The van der Waals surface area contributed by atoms with E-state index in [4.69, 9.17) is 0 Å². The molecular weight excluding hydrogens is 739 g/mol. The van der Waals surface area contributed by atoms with Crippen molar-refractivity contribution in [3.05, 3.63) is 156 Å². The summed E-state index contributed by atoms with van der Waals surface area (Å²) < 4.78 is 29.1. The summed E-state index contributed by atoms with van der Waals surface area (Å²) in [5.41, 5.74) is 4.60. The number of nitrogens with one attached hydrogen (secondary N) is 2. The summed E-state index contributed by atoms with van der Waals surface area (Å²) >= 11 is 1.79. The third-order valence-corrected chi connectivity index (χ3v) is 12.6. The molecule has 1 atom stereocenters. The molecule has 0 spiro atoms. The number of piperidine rings is 1. The average molecular weight is 790 g/mol. The Morgan fingerprint density at radius 3 is 2.05 bits per heavy atom. The van der Waals surface area contributed by atoms with Gasteiger partial charge in [-0.25, -0.2) is 13.1 Å². The molecule has 292 valence electrons. The summed E-state index contributed by atoms with van der Waals surface area (Å²) in [5, 5.41) is 3.63. The lowest BCUT2D eigenvalue weighted by atomic mass is 10.00. The second-order valence-corrected chi connectivity index (χ2v) is 17.3. The molecule has 1 aliphatic heterocycles. The molecule has 0 radical (unpaired) electrons. The summed E-state index contributed by atoms with van der Waals surface area (Å²) in [4.78, 5) is 34.5. The van der Waals surface area contributed by atoms with Gasteiger partial charge in [0.2, 0.25) is 0 Å². The Bertz CT molecular complexity index is 2140. The maximum Gasteiger partial charge on any atom is 0.264 e. The zero-order valence-electron chi connectivity index (χ0n) is 32.3. The molecular formula is C45H51N5O4S2. The smallest absolute Gasteiger partial charge is 0.264 e. The van der Waals surface area contributed by atoms with Gasteiger partial charge < -0.3 is 20.0 Å². The van der Waals surface area contributed by atoms with E-state index in [1.165, 1.54) is 4.90 Å². The third kappa shape index (κ3) is 11.0. The molecule has 0 saturated carbocycles. The van der Waals surface area contributed by atoms with E-state index in [0.717, 1.165) is 67.2 Å². The number of hydrogen-bond acceptors (Lipinski definition) is 8. The monoisotopic (exact) mass is 789 g/mol. The number of amides is 2. The van der Waals surface area contributed by atoms with Gasteiger partial charge in [0.15, 0.2) is 0 Å². The molecule has 0 aromatic heterocycles. The van der Waals surface area contributed by atoms with Crippen LogP contribution in [0.1, 0.15) is 51.1 Å². The zero-order valence-corrected chi connectivity index (χ0v) is 33.9. The lowest BCUT2D eigenvalue weighted by Gasteiger charge is -2.39. The Hall–Kier alpha value is -5.10. The van der Waals surface area contributed by atoms with Crippen LogP contribution in [0.4, 0.5) is 11.4 Å². The van der Waals surface area contributed by atoms with E-state index in [2.05, 4.69) is 58.2 Å². The van der Waals surface area contributed by atoms with E-state index in [0.29, 0.717) is 12.1 Å². The van der Waals surface area contributed by atoms with Crippen LogP contribution in [-0.2, 0) is 16.6 Å². The Morgan fingerprint density at radius 2 is 1.43 bits per heavy atom. The Labute approximate surface area is 336 Å². The van der Waals surface area contributed by atoms with Gasteiger partial charge in [-0.05, 0) is 125 Å². The van der Waals surface area contributed by atoms with Crippen LogP contribution < -0.4 is 14.9 Å². The van der Waals surface area contributed by atoms with Crippen LogP contribution in [0.5, 0.6) is 0 Å². The fourth-order valence-electron chi connectivity index (χ4n) is 6.90. The molecule has 0 aliphatic carbocycles. The van der Waals surface area contributed by atoms with Crippen LogP contribution in [0, 0.1) is 6.92 Å². The van der Waals surface area contributed by atoms with Crippen molar-refractivity contribution in [2.75, 3.05) is 49.7 Å². The molecule has 9 nitrogen and oxygen atoms in total. The lowest BCUT2D eigenvalue weighted by Crippen LogP contribution is -2.47. The molecule has 5 aromatic rings. The molecule has 1 aliphatic rings. The predicted molar refractivity (Wildman–Crippen MR) is 228 cm³/mol. The fraction of sp³-hybridized carbons (Fsp3) is 0.289. The largest absolute Gasteiger partial charge is 0.381 e. The molecule has 0 bridgehead atoms. The molecule has 2 amide bonds. The van der Waals surface area contributed by atoms with Crippen LogP contribution in [0.25, 0.3) is 0 Å². The van der Waals surface area contributed by atoms with Gasteiger partial charge in [-0.3, -0.25) is 9.59 Å². The van der Waals surface area contributed by atoms with Crippen molar-refractivity contribution in [3.8, 4) is 0 Å². The van der Waals surface area contributed by atoms with Crippen molar-refractivity contribution in [1.29, 1.82) is 0 Å². The van der Waals surface area contributed by atoms with Crippen LogP contribution in [0.2, 0.25) is 0 Å². The quantitative estimate of drug-likeness (QED) is 0.0973. The number of nitrogens with zero attached hydrogens (tertiary/aromatic N) is 3. The maximum atomic E-state index is 13.7. The normalized spacial score (nSPS) is 14.0. The number of sulfonamides is 1. The van der Waals surface area contributed by atoms with E-state index in [1.54, 1.807) is 42.1 Å². The first-order valence-corrected chi connectivity index (χ1v) is 21.5. The SMILES string of the molecule is Cc1cc(S(=O)(=O)NC(=O)c2ccc(N3CCC(N(Cc4ccccc4)C(=O)c4ccccc4)CC3)cc2)ccc1NC(CCN(C)C)CSc1ccccc1. The van der Waals surface area contributed by atoms with E-state index < -0.39 is 15.9 Å². The number of rotatable bonds is 16. The van der Waals surface area contributed by atoms with E-state index >= 15 is 0 Å². The first-order chi connectivity index (χ1) is 27.1. The minimum absolute atomic E-state index is 0.0268. The molecule has 1 heterocycles. The van der Waals surface area contributed by atoms with Crippen molar-refractivity contribution >= 4 is 45.0 Å². The molecule has 5 aromatic carbocycles. The highest BCUT2D eigenvalue weighted by Crippen LogP contribution is 2.27. The predicted octanol–water partition coefficient (Wildman–Crippen LogP) is 7.95. The number of aryl methyl sites for hydroxylation is 1. The topological polar surface area (TPSA) is 102 Å². The van der Waals surface area contributed by atoms with Crippen molar-refractivity contribution in [1.82, 2.24) is 14.5 Å². The van der Waals surface area contributed by atoms with Crippen molar-refractivity contribution < 1.29 is 18.0 Å². The van der Waals surface area contributed by atoms with Crippen LogP contribution in [0.15, 0.2) is 143 Å². The number of anilines is 2. The van der Waals surface area contributed by atoms with Crippen LogP contribution in [-0.4, -0.2) is 81.6 Å². The minimum Gasteiger partial charge on any atom is -0.381 e. The summed E-state index contributed by atoms with van der Waals surface area (Å²) in [6.45, 7) is 4.81. The van der Waals surface area contributed by atoms with Crippen molar-refractivity contribution in [2.24, 2.45) is 0 Å². The Morgan fingerprint density at radius 1 is 0.804 bits per heavy atom. The van der Waals surface area contributed by atoms with Crippen LogP contribution >= 0.6 is 11.8 Å². The van der Waals surface area contributed by atoms with E-state index in [1.807, 2.05) is 90.7 Å². The first kappa shape index (κ1) is 40.6. The molecule has 11 heteroatoms. The molecule has 6 rings (SSSR count). The molecule has 2 N–H and O–H groups in total. The minimum atomic E-state index is -4.12. The Balaban J connectivity index is 1.05. The van der Waals surface area contributed by atoms with Gasteiger partial charge in [0.25, 0.3) is 21.8 Å². The lowest BCUT2D eigenvalue weighted by molar-refractivity contribution is 0.0630. The van der Waals surface area contributed by atoms with Crippen molar-refractivity contribution in [3.63, 3.8) is 0 Å². The van der Waals surface area contributed by atoms with Gasteiger partial charge in [0.1, 0.15) is 0 Å². The Kier molecular flexibility index (Phi) is 13.9. The molecule has 1 unspecified atom stereocenters. The molecule has 1 saturated heterocycles. The highest BCUT2D eigenvalue weighted by Gasteiger charge is 2.29. The number of benzene rings is 5. The number of thioether (sulfide) groups is 1. The number of carbonyl (C=O) groups is 2. The van der Waals surface area contributed by atoms with E-state index in [9.17, 15) is 18.0 Å². The first-order valence-electron chi connectivity index (χ1n) is 19.1. The second-order valence-electron chi connectivity index (χ2n) is 14.5. The second kappa shape index (κ2) is 19.2. The van der Waals surface area contributed by atoms with Gasteiger partial charge in [-0.2, -0.15) is 0 Å². The summed E-state index contributed by atoms with van der Waals surface area (Å²) in [6, 6.07) is 42.0. The number of hydrogen-bond donors (Lipinski definition) is 2. The van der Waals surface area contributed by atoms with Crippen molar-refractivity contribution in [2.45, 2.75) is 54.6 Å². The fourth-order valence-corrected chi connectivity index (χ4v) is 8.95. The standard InChI is InChI=1S/C45H51N5O4S2/c1-34-31-42(23-24-43(34)46-38(25-28-48(2)3)33-55-41-17-11-6-12-18-41)56(53,54)47-44(51)36-19-21-39(22-20-36)49-29-26-40(27-30-49)50(32-35-13-7-4-8-14-35)45(52)37-15-9-5-10-16-37/h4-24,31,38,40,46H,25-30,32-33H2,1-3H3,(H,47,51). The molecule has 56 heavy (non-hydrogen) atoms. The molecule has 1 fully saturated rings. The average Bonchev–Trinajstić information content (AvgIpc) is 3.22.